The number of benzene rings is 1. The lowest BCUT2D eigenvalue weighted by Crippen LogP contribution is -3.00. The zero-order valence-corrected chi connectivity index (χ0v) is 21.5. The highest BCUT2D eigenvalue weighted by molar-refractivity contribution is 6.29. The number of hydrogen-bond acceptors (Lipinski definition) is 6. The average Bonchev–Trinajstić information content (AvgIpc) is 3.10. The van der Waals surface area contributed by atoms with Gasteiger partial charge in [0.2, 0.25) is 0 Å². The minimum atomic E-state index is -0.460. The third-order valence-electron chi connectivity index (χ3n) is 5.13. The van der Waals surface area contributed by atoms with Crippen LogP contribution in [0.2, 0.25) is 5.15 Å². The first-order valence-electron chi connectivity index (χ1n) is 10.4. The second-order valence-electron chi connectivity index (χ2n) is 7.08. The minimum Gasteiger partial charge on any atom is -1.00 e. The Labute approximate surface area is 215 Å². The molecule has 2 aromatic heterocycles. The van der Waals surface area contributed by atoms with Gasteiger partial charge in [-0.1, -0.05) is 11.6 Å². The van der Waals surface area contributed by atoms with Crippen LogP contribution in [0.15, 0.2) is 24.4 Å². The van der Waals surface area contributed by atoms with E-state index in [1.54, 1.807) is 0 Å². The first-order chi connectivity index (χ1) is 15.4. The molecule has 0 spiro atoms. The molecule has 2 heterocycles. The molecule has 3 rings (SSSR count). The number of nitrogen functional groups attached to an aromatic ring is 1. The molecule has 0 bridgehead atoms. The summed E-state index contributed by atoms with van der Waals surface area (Å²) < 4.78 is 4.19. The number of imidazole rings is 1. The molecule has 0 fully saturated rings. The lowest BCUT2D eigenvalue weighted by atomic mass is 10.2. The van der Waals surface area contributed by atoms with Gasteiger partial charge in [-0.2, -0.15) is 0 Å². The van der Waals surface area contributed by atoms with Gasteiger partial charge in [0.25, 0.3) is 17.6 Å². The van der Waals surface area contributed by atoms with Gasteiger partial charge >= 0.3 is 0 Å². The lowest BCUT2D eigenvalue weighted by Gasteiger charge is -2.07. The molecular formula is C21H29Cl3N8O2. The van der Waals surface area contributed by atoms with Crippen LogP contribution in [0.25, 0.3) is 11.0 Å². The number of aryl methyl sites for hydroxylation is 2. The van der Waals surface area contributed by atoms with Crippen LogP contribution >= 0.6 is 24.0 Å². The van der Waals surface area contributed by atoms with E-state index < -0.39 is 5.91 Å². The topological polar surface area (TPSA) is 131 Å². The van der Waals surface area contributed by atoms with Crippen LogP contribution in [-0.2, 0) is 19.6 Å². The van der Waals surface area contributed by atoms with Gasteiger partial charge in [-0.25, -0.2) is 19.1 Å². The Balaban J connectivity index is 0.00000289. The Morgan fingerprint density at radius 3 is 2.56 bits per heavy atom. The van der Waals surface area contributed by atoms with Crippen molar-refractivity contribution in [3.8, 4) is 0 Å². The largest absolute Gasteiger partial charge is 1.00 e. The van der Waals surface area contributed by atoms with Gasteiger partial charge in [0, 0.05) is 24.7 Å². The maximum atomic E-state index is 12.6. The minimum absolute atomic E-state index is 0. The first-order valence-corrected chi connectivity index (χ1v) is 10.8. The highest BCUT2D eigenvalue weighted by atomic mass is 35.5. The second-order valence-corrected chi connectivity index (χ2v) is 7.46. The molecule has 0 atom stereocenters. The quantitative estimate of drug-likeness (QED) is 0.192. The predicted molar refractivity (Wildman–Crippen MR) is 130 cm³/mol. The van der Waals surface area contributed by atoms with Crippen molar-refractivity contribution in [3.63, 3.8) is 0 Å². The van der Waals surface area contributed by atoms with Crippen LogP contribution in [0.1, 0.15) is 40.5 Å². The molecule has 10 nitrogen and oxygen atoms in total. The third kappa shape index (κ3) is 6.26. The summed E-state index contributed by atoms with van der Waals surface area (Å²) in [5.74, 6) is 0.316. The second kappa shape index (κ2) is 13.3. The normalized spacial score (nSPS) is 10.4. The molecule has 13 heteroatoms. The van der Waals surface area contributed by atoms with E-state index in [0.29, 0.717) is 31.7 Å². The van der Waals surface area contributed by atoms with Crippen molar-refractivity contribution in [1.82, 2.24) is 30.5 Å². The van der Waals surface area contributed by atoms with Crippen LogP contribution < -0.4 is 38.7 Å². The molecule has 0 aliphatic heterocycles. The van der Waals surface area contributed by atoms with Crippen LogP contribution in [-0.4, -0.2) is 46.5 Å². The maximum absolute atomic E-state index is 12.6. The van der Waals surface area contributed by atoms with Crippen molar-refractivity contribution >= 4 is 52.7 Å². The van der Waals surface area contributed by atoms with Gasteiger partial charge in [0.1, 0.15) is 11.7 Å². The number of carbonyl (C=O) groups is 2. The summed E-state index contributed by atoms with van der Waals surface area (Å²) in [5.41, 5.74) is 8.24. The maximum Gasteiger partial charge on any atom is 0.277 e. The summed E-state index contributed by atoms with van der Waals surface area (Å²) >= 11 is 5.85. The molecule has 0 aliphatic carbocycles. The number of anilines is 1. The van der Waals surface area contributed by atoms with Gasteiger partial charge in [-0.15, -0.1) is 12.4 Å². The summed E-state index contributed by atoms with van der Waals surface area (Å²) in [6.07, 6.45) is 1.29. The number of hydrogen-bond donors (Lipinski definition) is 4. The zero-order valence-electron chi connectivity index (χ0n) is 19.2. The van der Waals surface area contributed by atoms with E-state index in [4.69, 9.17) is 17.3 Å². The number of fused-ring (bicyclic) bond motifs is 1. The smallest absolute Gasteiger partial charge is 0.277 e. The first kappa shape index (κ1) is 29.4. The van der Waals surface area contributed by atoms with E-state index >= 15 is 0 Å². The number of nitrogens with one attached hydrogen (secondary N) is 3. The fourth-order valence-electron chi connectivity index (χ4n) is 3.62. The number of carbonyl (C=O) groups excluding carboxylic acids is 2. The van der Waals surface area contributed by atoms with Crippen molar-refractivity contribution in [2.45, 2.75) is 33.5 Å². The van der Waals surface area contributed by atoms with E-state index in [2.05, 4.69) is 35.1 Å². The molecule has 1 aromatic carbocycles. The Kier molecular flexibility index (Phi) is 11.5. The number of likely N-dealkylation sites (N-methyl/N-ethyl adjacent to an activating group) is 1. The Morgan fingerprint density at radius 2 is 1.91 bits per heavy atom. The van der Waals surface area contributed by atoms with Crippen LogP contribution in [0.5, 0.6) is 0 Å². The molecule has 0 saturated carbocycles. The molecule has 0 radical (unpaired) electrons. The standard InChI is InChI=1S/C21H27ClN8O2.2ClH/c1-4-29-14-7-6-13(20(31)25-9-8-24-3)10-15(14)30(5-2)17(29)12-27-21(32)18-19(23)26-11-16(22)28-18;;/h6-7,10-11,24H,4-5,8-9,12H2,1-3H3,(H3-,23,25,26,27,31,32);2*1H. The van der Waals surface area contributed by atoms with Gasteiger partial charge in [-0.05, 0) is 33.0 Å². The number of nitrogens with two attached hydrogens (primary N) is 1. The van der Waals surface area contributed by atoms with Crippen LogP contribution in [0.3, 0.4) is 0 Å². The van der Waals surface area contributed by atoms with Gasteiger partial charge in [-0.3, -0.25) is 9.59 Å². The summed E-state index contributed by atoms with van der Waals surface area (Å²) in [6, 6.07) is 5.63. The highest BCUT2D eigenvalue weighted by Gasteiger charge is 2.25. The van der Waals surface area contributed by atoms with E-state index in [-0.39, 0.29) is 53.9 Å². The van der Waals surface area contributed by atoms with Crippen LogP contribution in [0.4, 0.5) is 5.82 Å². The molecular weight excluding hydrogens is 503 g/mol. The fraction of sp³-hybridized carbons (Fsp3) is 0.381. The van der Waals surface area contributed by atoms with Crippen molar-refractivity contribution in [2.24, 2.45) is 0 Å². The lowest BCUT2D eigenvalue weighted by molar-refractivity contribution is -0.676. The zero-order chi connectivity index (χ0) is 23.3. The van der Waals surface area contributed by atoms with Crippen molar-refractivity contribution in [2.75, 3.05) is 25.9 Å². The Bertz CT molecular complexity index is 1150. The van der Waals surface area contributed by atoms with Gasteiger partial charge in [0.15, 0.2) is 22.5 Å². The van der Waals surface area contributed by atoms with Gasteiger partial charge < -0.3 is 34.1 Å². The fourth-order valence-corrected chi connectivity index (χ4v) is 3.75. The predicted octanol–water partition coefficient (Wildman–Crippen LogP) is -1.70. The number of halogens is 3. The Hall–Kier alpha value is -2.66. The Morgan fingerprint density at radius 1 is 1.18 bits per heavy atom. The highest BCUT2D eigenvalue weighted by Crippen LogP contribution is 2.18. The molecule has 3 aromatic rings. The monoisotopic (exact) mass is 530 g/mol. The third-order valence-corrected chi connectivity index (χ3v) is 5.31. The molecule has 5 N–H and O–H groups in total. The SMILES string of the molecule is CCn1c(CNC(=O)c2nc(Cl)cnc2N)[n+](CC)c2ccc(C(=O)NCCNC)cc21.Cl.[Cl-]. The number of nitrogens with zero attached hydrogens (tertiary/aromatic N) is 4. The summed E-state index contributed by atoms with van der Waals surface area (Å²) in [5, 5.41) is 8.85. The molecule has 0 unspecified atom stereocenters. The summed E-state index contributed by atoms with van der Waals surface area (Å²) in [6.45, 7) is 6.89. The number of amides is 2. The molecule has 186 valence electrons. The summed E-state index contributed by atoms with van der Waals surface area (Å²) in [4.78, 5) is 33.0. The van der Waals surface area contributed by atoms with E-state index in [1.807, 2.05) is 39.1 Å². The number of rotatable bonds is 9. The molecule has 0 saturated heterocycles. The van der Waals surface area contributed by atoms with Crippen molar-refractivity contribution in [1.29, 1.82) is 0 Å². The van der Waals surface area contributed by atoms with Crippen molar-refractivity contribution < 1.29 is 26.6 Å². The van der Waals surface area contributed by atoms with Crippen molar-refractivity contribution in [3.05, 3.63) is 46.6 Å². The van der Waals surface area contributed by atoms with E-state index in [0.717, 1.165) is 16.9 Å². The number of aromatic nitrogens is 4. The van der Waals surface area contributed by atoms with E-state index in [1.165, 1.54) is 6.20 Å². The molecule has 34 heavy (non-hydrogen) atoms. The molecule has 2 amide bonds. The summed E-state index contributed by atoms with van der Waals surface area (Å²) in [7, 11) is 1.84. The average molecular weight is 532 g/mol. The van der Waals surface area contributed by atoms with E-state index in [9.17, 15) is 9.59 Å². The van der Waals surface area contributed by atoms with Gasteiger partial charge in [0.05, 0.1) is 19.3 Å². The molecule has 0 aliphatic rings. The van der Waals surface area contributed by atoms with Crippen LogP contribution in [0, 0.1) is 0 Å².